The van der Waals surface area contributed by atoms with Gasteiger partial charge in [0.2, 0.25) is 11.8 Å². The Morgan fingerprint density at radius 3 is 2.42 bits per heavy atom. The van der Waals surface area contributed by atoms with Gasteiger partial charge in [-0.05, 0) is 47.4 Å². The lowest BCUT2D eigenvalue weighted by molar-refractivity contribution is -0.122. The summed E-state index contributed by atoms with van der Waals surface area (Å²) in [6.45, 7) is 5.03. The Hall–Kier alpha value is -3.66. The molecule has 1 unspecified atom stereocenters. The number of H-pyrrole nitrogens is 1. The summed E-state index contributed by atoms with van der Waals surface area (Å²) in [5.74, 6) is -2.43. The second-order valence-electron chi connectivity index (χ2n) is 7.98. The SMILES string of the molecule is Cc1c(O)[nH]c(O)c1C(=O)[C@@H](NC(=O)CC(NC(=O)c1ccccn1)c1ccsc1)C(C)C. The fourth-order valence-electron chi connectivity index (χ4n) is 3.43. The molecular formula is C23H26N4O5S. The molecule has 3 rings (SSSR count). The third kappa shape index (κ3) is 5.58. The summed E-state index contributed by atoms with van der Waals surface area (Å²) in [7, 11) is 0. The number of aromatic amines is 1. The lowest BCUT2D eigenvalue weighted by atomic mass is 9.93. The van der Waals surface area contributed by atoms with Crippen molar-refractivity contribution in [2.75, 3.05) is 0 Å². The van der Waals surface area contributed by atoms with Crippen LogP contribution in [0.2, 0.25) is 0 Å². The molecule has 174 valence electrons. The third-order valence-corrected chi connectivity index (χ3v) is 5.96. The molecular weight excluding hydrogens is 444 g/mol. The molecule has 0 aliphatic heterocycles. The van der Waals surface area contributed by atoms with E-state index in [0.717, 1.165) is 5.56 Å². The number of ketones is 1. The summed E-state index contributed by atoms with van der Waals surface area (Å²) >= 11 is 1.44. The first kappa shape index (κ1) is 24.0. The summed E-state index contributed by atoms with van der Waals surface area (Å²) in [6.07, 6.45) is 1.41. The molecule has 33 heavy (non-hydrogen) atoms. The molecule has 3 heterocycles. The molecule has 0 aliphatic carbocycles. The van der Waals surface area contributed by atoms with Crippen LogP contribution in [0, 0.1) is 12.8 Å². The Kier molecular flexibility index (Phi) is 7.49. The highest BCUT2D eigenvalue weighted by Gasteiger charge is 2.31. The van der Waals surface area contributed by atoms with Crippen molar-refractivity contribution in [1.29, 1.82) is 0 Å². The lowest BCUT2D eigenvalue weighted by Gasteiger charge is -2.23. The Labute approximate surface area is 194 Å². The first-order valence-electron chi connectivity index (χ1n) is 10.4. The number of aromatic nitrogens is 2. The van der Waals surface area contributed by atoms with E-state index in [2.05, 4.69) is 20.6 Å². The zero-order valence-corrected chi connectivity index (χ0v) is 19.3. The van der Waals surface area contributed by atoms with Crippen LogP contribution in [0.5, 0.6) is 11.8 Å². The van der Waals surface area contributed by atoms with Gasteiger partial charge in [-0.15, -0.1) is 0 Å². The van der Waals surface area contributed by atoms with Crippen LogP contribution in [0.3, 0.4) is 0 Å². The molecule has 0 saturated carbocycles. The monoisotopic (exact) mass is 470 g/mol. The fraction of sp³-hybridized carbons (Fsp3) is 0.304. The molecule has 0 bridgehead atoms. The van der Waals surface area contributed by atoms with Crippen molar-refractivity contribution >= 4 is 28.9 Å². The van der Waals surface area contributed by atoms with Gasteiger partial charge in [0, 0.05) is 11.8 Å². The maximum absolute atomic E-state index is 13.1. The van der Waals surface area contributed by atoms with Gasteiger partial charge in [-0.1, -0.05) is 19.9 Å². The zero-order chi connectivity index (χ0) is 24.1. The van der Waals surface area contributed by atoms with Crippen LogP contribution in [0.4, 0.5) is 0 Å². The van der Waals surface area contributed by atoms with Gasteiger partial charge in [0.1, 0.15) is 5.69 Å². The number of pyridine rings is 1. The second kappa shape index (κ2) is 10.3. The van der Waals surface area contributed by atoms with Gasteiger partial charge in [-0.2, -0.15) is 11.3 Å². The highest BCUT2D eigenvalue weighted by Crippen LogP contribution is 2.30. The van der Waals surface area contributed by atoms with E-state index in [1.54, 1.807) is 32.0 Å². The molecule has 5 N–H and O–H groups in total. The molecule has 2 atom stereocenters. The van der Waals surface area contributed by atoms with Crippen molar-refractivity contribution in [3.63, 3.8) is 0 Å². The van der Waals surface area contributed by atoms with Crippen LogP contribution in [0.1, 0.15) is 58.3 Å². The number of carbonyl (C=O) groups excluding carboxylic acids is 3. The summed E-state index contributed by atoms with van der Waals surface area (Å²) in [5.41, 5.74) is 1.13. The second-order valence-corrected chi connectivity index (χ2v) is 8.76. The van der Waals surface area contributed by atoms with Crippen LogP contribution in [0.25, 0.3) is 0 Å². The predicted octanol–water partition coefficient (Wildman–Crippen LogP) is 3.08. The Morgan fingerprint density at radius 2 is 1.88 bits per heavy atom. The van der Waals surface area contributed by atoms with E-state index in [1.807, 2.05) is 16.8 Å². The van der Waals surface area contributed by atoms with E-state index in [1.165, 1.54) is 24.5 Å². The van der Waals surface area contributed by atoms with Crippen LogP contribution >= 0.6 is 11.3 Å². The molecule has 3 aromatic rings. The van der Waals surface area contributed by atoms with Gasteiger partial charge >= 0.3 is 0 Å². The molecule has 0 spiro atoms. The van der Waals surface area contributed by atoms with Crippen molar-refractivity contribution < 1.29 is 24.6 Å². The summed E-state index contributed by atoms with van der Waals surface area (Å²) in [4.78, 5) is 45.0. The lowest BCUT2D eigenvalue weighted by Crippen LogP contribution is -2.45. The standard InChI is InChI=1S/C23H26N4O5S/c1-12(2)19(20(29)18-13(3)21(30)27-23(18)32)26-17(28)10-16(14-7-9-33-11-14)25-22(31)15-6-4-5-8-24-15/h4-9,11-12,16,19,27,30,32H,10H2,1-3H3,(H,25,31)(H,26,28)/t16?,19-/m0/s1. The Balaban J connectivity index is 1.76. The van der Waals surface area contributed by atoms with Gasteiger partial charge in [-0.25, -0.2) is 0 Å². The van der Waals surface area contributed by atoms with E-state index in [-0.39, 0.29) is 35.0 Å². The maximum atomic E-state index is 13.1. The first-order valence-corrected chi connectivity index (χ1v) is 11.3. The molecule has 10 heteroatoms. The highest BCUT2D eigenvalue weighted by molar-refractivity contribution is 7.08. The van der Waals surface area contributed by atoms with Crippen molar-refractivity contribution in [3.8, 4) is 11.8 Å². The molecule has 2 amide bonds. The number of hydrogen-bond donors (Lipinski definition) is 5. The molecule has 3 aromatic heterocycles. The Bertz CT molecular complexity index is 1130. The Morgan fingerprint density at radius 1 is 1.12 bits per heavy atom. The predicted molar refractivity (Wildman–Crippen MR) is 123 cm³/mol. The quantitative estimate of drug-likeness (QED) is 0.304. The van der Waals surface area contributed by atoms with Crippen LogP contribution < -0.4 is 10.6 Å². The molecule has 0 radical (unpaired) electrons. The largest absolute Gasteiger partial charge is 0.494 e. The number of carbonyl (C=O) groups is 3. The number of thiophene rings is 1. The molecule has 0 aliphatic rings. The normalized spacial score (nSPS) is 12.8. The van der Waals surface area contributed by atoms with Crippen LogP contribution in [0.15, 0.2) is 41.2 Å². The van der Waals surface area contributed by atoms with Crippen LogP contribution in [-0.2, 0) is 4.79 Å². The van der Waals surface area contributed by atoms with Gasteiger partial charge in [0.05, 0.1) is 24.1 Å². The average Bonchev–Trinajstić information content (AvgIpc) is 3.40. The van der Waals surface area contributed by atoms with Gasteiger partial charge in [0.25, 0.3) is 5.91 Å². The van der Waals surface area contributed by atoms with E-state index in [4.69, 9.17) is 0 Å². The van der Waals surface area contributed by atoms with Crippen molar-refractivity contribution in [2.45, 2.75) is 39.3 Å². The summed E-state index contributed by atoms with van der Waals surface area (Å²) in [5, 5.41) is 29.0. The zero-order valence-electron chi connectivity index (χ0n) is 18.5. The van der Waals surface area contributed by atoms with Gasteiger partial charge in [-0.3, -0.25) is 24.4 Å². The maximum Gasteiger partial charge on any atom is 0.270 e. The van der Waals surface area contributed by atoms with E-state index in [9.17, 15) is 24.6 Å². The molecule has 0 fully saturated rings. The number of hydrogen-bond acceptors (Lipinski definition) is 7. The topological polar surface area (TPSA) is 144 Å². The number of amides is 2. The van der Waals surface area contributed by atoms with E-state index < -0.39 is 35.6 Å². The number of Topliss-reactive ketones (excluding diaryl/α,β-unsaturated/α-hetero) is 1. The minimum absolute atomic E-state index is 0.0654. The molecule has 9 nitrogen and oxygen atoms in total. The smallest absolute Gasteiger partial charge is 0.270 e. The van der Waals surface area contributed by atoms with E-state index >= 15 is 0 Å². The number of nitrogens with zero attached hydrogens (tertiary/aromatic N) is 1. The average molecular weight is 471 g/mol. The first-order chi connectivity index (χ1) is 15.7. The van der Waals surface area contributed by atoms with Gasteiger partial charge in [0.15, 0.2) is 11.7 Å². The third-order valence-electron chi connectivity index (χ3n) is 5.25. The van der Waals surface area contributed by atoms with Crippen molar-refractivity contribution in [3.05, 3.63) is 63.6 Å². The number of aromatic hydroxyl groups is 2. The molecule has 0 saturated heterocycles. The number of rotatable bonds is 9. The van der Waals surface area contributed by atoms with E-state index in [0.29, 0.717) is 0 Å². The van der Waals surface area contributed by atoms with Crippen LogP contribution in [-0.4, -0.2) is 43.8 Å². The molecule has 0 aromatic carbocycles. The fourth-order valence-corrected chi connectivity index (χ4v) is 4.14. The van der Waals surface area contributed by atoms with Gasteiger partial charge < -0.3 is 20.8 Å². The van der Waals surface area contributed by atoms with Crippen molar-refractivity contribution in [2.24, 2.45) is 5.92 Å². The minimum atomic E-state index is -0.938. The minimum Gasteiger partial charge on any atom is -0.494 e. The number of nitrogens with one attached hydrogen (secondary N) is 3. The summed E-state index contributed by atoms with van der Waals surface area (Å²) in [6, 6.07) is 5.23. The highest BCUT2D eigenvalue weighted by atomic mass is 32.1. The summed E-state index contributed by atoms with van der Waals surface area (Å²) < 4.78 is 0. The van der Waals surface area contributed by atoms with Crippen molar-refractivity contribution in [1.82, 2.24) is 20.6 Å².